The van der Waals surface area contributed by atoms with E-state index in [1.807, 2.05) is 19.9 Å². The highest BCUT2D eigenvalue weighted by Crippen LogP contribution is 2.49. The first-order valence-electron chi connectivity index (χ1n) is 14.5. The predicted octanol–water partition coefficient (Wildman–Crippen LogP) is 6.87. The molecule has 0 radical (unpaired) electrons. The zero-order valence-corrected chi connectivity index (χ0v) is 28.3. The zero-order valence-electron chi connectivity index (χ0n) is 27.3. The molecular formula is C32H50O9Si. The standard InChI is InChI=1S/C32H50O9Si/c1-13-37-29(35)24-18-26(38-25(24)17-22(21(2)3)15-14-16-27(34)36-10)28-32(9,41-31(7,8)39-28)19-23(20-33)40-42(11,12)30(4,5)6/h14-15,18,20,22-23,28H,2,13,16-17,19H2,1,3-12H3/b15-14+/t22-,23+,28+,32-/m1/s1. The summed E-state index contributed by atoms with van der Waals surface area (Å²) >= 11 is 0. The molecule has 1 aliphatic heterocycles. The van der Waals surface area contributed by atoms with Crippen LogP contribution in [0.1, 0.15) is 96.2 Å². The largest absolute Gasteiger partial charge is 0.469 e. The van der Waals surface area contributed by atoms with E-state index in [2.05, 4.69) is 40.4 Å². The number of aldehydes is 1. The molecule has 0 N–H and O–H groups in total. The lowest BCUT2D eigenvalue weighted by Crippen LogP contribution is -2.47. The summed E-state index contributed by atoms with van der Waals surface area (Å²) in [6.45, 7) is 23.9. The number of esters is 2. The van der Waals surface area contributed by atoms with E-state index < -0.39 is 37.9 Å². The Labute approximate surface area is 252 Å². The van der Waals surface area contributed by atoms with Crippen LogP contribution in [0.5, 0.6) is 0 Å². The van der Waals surface area contributed by atoms with Crippen molar-refractivity contribution >= 4 is 26.5 Å². The summed E-state index contributed by atoms with van der Waals surface area (Å²) in [6, 6.07) is 1.64. The third-order valence-corrected chi connectivity index (χ3v) is 12.5. The third kappa shape index (κ3) is 8.99. The molecule has 1 aliphatic rings. The van der Waals surface area contributed by atoms with Crippen molar-refractivity contribution < 1.29 is 42.2 Å². The van der Waals surface area contributed by atoms with Crippen molar-refractivity contribution in [1.82, 2.24) is 0 Å². The van der Waals surface area contributed by atoms with E-state index in [-0.39, 0.29) is 41.9 Å². The number of furan rings is 1. The highest BCUT2D eigenvalue weighted by molar-refractivity contribution is 6.74. The van der Waals surface area contributed by atoms with Crippen LogP contribution in [0, 0.1) is 5.92 Å². The lowest BCUT2D eigenvalue weighted by molar-refractivity contribution is -0.165. The molecule has 1 saturated heterocycles. The summed E-state index contributed by atoms with van der Waals surface area (Å²) in [6.07, 6.45) is 3.59. The van der Waals surface area contributed by atoms with Crippen molar-refractivity contribution in [2.24, 2.45) is 5.92 Å². The summed E-state index contributed by atoms with van der Waals surface area (Å²) in [5, 5.41) is -0.0869. The summed E-state index contributed by atoms with van der Waals surface area (Å²) in [7, 11) is -0.929. The average Bonchev–Trinajstić information content (AvgIpc) is 3.38. The van der Waals surface area contributed by atoms with E-state index in [0.717, 1.165) is 11.9 Å². The summed E-state index contributed by atoms with van der Waals surface area (Å²) in [5.74, 6) is -1.30. The fourth-order valence-corrected chi connectivity index (χ4v) is 6.01. The number of methoxy groups -OCH3 is 1. The molecule has 0 amide bonds. The van der Waals surface area contributed by atoms with Crippen LogP contribution in [0.25, 0.3) is 0 Å². The molecule has 1 aromatic rings. The van der Waals surface area contributed by atoms with Gasteiger partial charge in [-0.2, -0.15) is 0 Å². The number of rotatable bonds is 14. The van der Waals surface area contributed by atoms with Gasteiger partial charge in [0.05, 0.1) is 20.1 Å². The van der Waals surface area contributed by atoms with Gasteiger partial charge < -0.3 is 32.6 Å². The van der Waals surface area contributed by atoms with E-state index in [4.69, 9.17) is 27.8 Å². The van der Waals surface area contributed by atoms with Gasteiger partial charge in [0.25, 0.3) is 0 Å². The van der Waals surface area contributed by atoms with Crippen LogP contribution >= 0.6 is 0 Å². The smallest absolute Gasteiger partial charge is 0.341 e. The number of ether oxygens (including phenoxy) is 4. The lowest BCUT2D eigenvalue weighted by Gasteiger charge is -2.40. The van der Waals surface area contributed by atoms with Gasteiger partial charge in [0.1, 0.15) is 41.2 Å². The first kappa shape index (κ1) is 35.7. The van der Waals surface area contributed by atoms with Crippen LogP contribution in [0.15, 0.2) is 34.8 Å². The fourth-order valence-electron chi connectivity index (χ4n) is 4.76. The second-order valence-electron chi connectivity index (χ2n) is 13.1. The molecule has 0 aliphatic carbocycles. The number of carbonyl (C=O) groups is 3. The van der Waals surface area contributed by atoms with E-state index in [1.165, 1.54) is 7.11 Å². The van der Waals surface area contributed by atoms with Gasteiger partial charge >= 0.3 is 11.9 Å². The Morgan fingerprint density at radius 2 is 1.86 bits per heavy atom. The van der Waals surface area contributed by atoms with Gasteiger partial charge in [0.15, 0.2) is 14.1 Å². The lowest BCUT2D eigenvalue weighted by atomic mass is 9.90. The molecule has 1 fully saturated rings. The molecule has 0 unspecified atom stereocenters. The van der Waals surface area contributed by atoms with Crippen molar-refractivity contribution in [3.63, 3.8) is 0 Å². The minimum Gasteiger partial charge on any atom is -0.469 e. The van der Waals surface area contributed by atoms with Gasteiger partial charge in [0.2, 0.25) is 0 Å². The normalized spacial score (nSPS) is 22.1. The molecule has 4 atom stereocenters. The Bertz CT molecular complexity index is 1160. The van der Waals surface area contributed by atoms with Crippen LogP contribution < -0.4 is 0 Å². The maximum Gasteiger partial charge on any atom is 0.341 e. The quantitative estimate of drug-likeness (QED) is 0.0969. The van der Waals surface area contributed by atoms with Gasteiger partial charge in [-0.15, -0.1) is 0 Å². The number of hydrogen-bond donors (Lipinski definition) is 0. The molecule has 0 aromatic carbocycles. The van der Waals surface area contributed by atoms with Gasteiger partial charge in [-0.3, -0.25) is 4.79 Å². The van der Waals surface area contributed by atoms with Crippen molar-refractivity contribution in [3.8, 4) is 0 Å². The summed E-state index contributed by atoms with van der Waals surface area (Å²) in [4.78, 5) is 36.9. The number of allylic oxidation sites excluding steroid dienone is 2. The van der Waals surface area contributed by atoms with E-state index in [9.17, 15) is 14.4 Å². The van der Waals surface area contributed by atoms with Gasteiger partial charge in [-0.05, 0) is 58.8 Å². The molecular weight excluding hydrogens is 556 g/mol. The second-order valence-corrected chi connectivity index (χ2v) is 17.9. The molecule has 236 valence electrons. The zero-order chi connectivity index (χ0) is 32.1. The molecule has 0 bridgehead atoms. The van der Waals surface area contributed by atoms with Crippen LogP contribution in [0.3, 0.4) is 0 Å². The van der Waals surface area contributed by atoms with Crippen molar-refractivity contribution in [2.75, 3.05) is 13.7 Å². The SMILES string of the molecule is C=C(C)[C@H](/C=C/CC(=O)OC)Cc1oc([C@@H]2OC(C)(C)O[C@]2(C)C[C@@H](C=O)O[Si](C)(C)C(C)(C)C)cc1C(=O)OCC. The van der Waals surface area contributed by atoms with Crippen LogP contribution in [0.2, 0.25) is 18.1 Å². The summed E-state index contributed by atoms with van der Waals surface area (Å²) in [5.41, 5.74) is 0.0960. The Morgan fingerprint density at radius 1 is 1.21 bits per heavy atom. The monoisotopic (exact) mass is 606 g/mol. The van der Waals surface area contributed by atoms with E-state index in [1.54, 1.807) is 32.9 Å². The minimum atomic E-state index is -2.27. The first-order valence-corrected chi connectivity index (χ1v) is 17.4. The topological polar surface area (TPSA) is 111 Å². The Balaban J connectivity index is 2.50. The second kappa shape index (κ2) is 13.8. The highest BCUT2D eigenvalue weighted by atomic mass is 28.4. The maximum atomic E-state index is 13.0. The fraction of sp³-hybridized carbons (Fsp3) is 0.656. The van der Waals surface area contributed by atoms with Gasteiger partial charge in [-0.25, -0.2) is 4.79 Å². The van der Waals surface area contributed by atoms with Gasteiger partial charge in [-0.1, -0.05) is 45.1 Å². The van der Waals surface area contributed by atoms with Crippen molar-refractivity contribution in [2.45, 2.75) is 116 Å². The summed E-state index contributed by atoms with van der Waals surface area (Å²) < 4.78 is 35.6. The number of carbonyl (C=O) groups excluding carboxylic acids is 3. The predicted molar refractivity (Wildman–Crippen MR) is 163 cm³/mol. The molecule has 9 nitrogen and oxygen atoms in total. The third-order valence-electron chi connectivity index (χ3n) is 7.95. The van der Waals surface area contributed by atoms with Crippen LogP contribution in [-0.2, 0) is 39.4 Å². The van der Waals surface area contributed by atoms with Crippen molar-refractivity contribution in [3.05, 3.63) is 47.5 Å². The average molecular weight is 607 g/mol. The van der Waals surface area contributed by atoms with Gasteiger partial charge in [0, 0.05) is 18.8 Å². The van der Waals surface area contributed by atoms with Crippen LogP contribution in [0.4, 0.5) is 0 Å². The Hall–Kier alpha value is -2.53. The van der Waals surface area contributed by atoms with E-state index >= 15 is 0 Å². The molecule has 0 spiro atoms. The van der Waals surface area contributed by atoms with Crippen molar-refractivity contribution in [1.29, 1.82) is 0 Å². The molecule has 42 heavy (non-hydrogen) atoms. The molecule has 0 saturated carbocycles. The molecule has 1 aromatic heterocycles. The first-order chi connectivity index (χ1) is 19.3. The highest BCUT2D eigenvalue weighted by Gasteiger charge is 2.54. The minimum absolute atomic E-state index is 0.0869. The van der Waals surface area contributed by atoms with Crippen LogP contribution in [-0.4, -0.2) is 57.8 Å². The molecule has 2 heterocycles. The van der Waals surface area contributed by atoms with E-state index in [0.29, 0.717) is 17.9 Å². The molecule has 2 rings (SSSR count). The maximum absolute atomic E-state index is 13.0. The number of hydrogen-bond acceptors (Lipinski definition) is 9. The Kier molecular flexibility index (Phi) is 11.8. The Morgan fingerprint density at radius 3 is 2.38 bits per heavy atom. The molecule has 10 heteroatoms.